The highest BCUT2D eigenvalue weighted by Gasteiger charge is 2.11. The zero-order valence-corrected chi connectivity index (χ0v) is 8.88. The highest BCUT2D eigenvalue weighted by Crippen LogP contribution is 2.23. The molecule has 0 bridgehead atoms. The minimum atomic E-state index is 0. The molecule has 0 unspecified atom stereocenters. The van der Waals surface area contributed by atoms with E-state index in [-0.39, 0.29) is 12.4 Å². The van der Waals surface area contributed by atoms with E-state index in [0.29, 0.717) is 5.89 Å². The molecule has 78 valence electrons. The lowest BCUT2D eigenvalue weighted by atomic mass is 10.1. The Balaban J connectivity index is 0.000000853. The number of nitrogens with one attached hydrogen (secondary N) is 1. The lowest BCUT2D eigenvalue weighted by molar-refractivity contribution is 0.574. The van der Waals surface area contributed by atoms with Gasteiger partial charge in [-0.1, -0.05) is 6.07 Å². The summed E-state index contributed by atoms with van der Waals surface area (Å²) in [6.07, 6.45) is 3.27. The molecule has 0 radical (unpaired) electrons. The van der Waals surface area contributed by atoms with Gasteiger partial charge in [0.15, 0.2) is 0 Å². The fraction of sp³-hybridized carbons (Fsp3) is 0.182. The van der Waals surface area contributed by atoms with Gasteiger partial charge in [-0.25, -0.2) is 4.98 Å². The van der Waals surface area contributed by atoms with Crippen LogP contribution < -0.4 is 5.32 Å². The fourth-order valence-electron chi connectivity index (χ4n) is 1.79. The molecule has 4 heteroatoms. The summed E-state index contributed by atoms with van der Waals surface area (Å²) in [5, 5.41) is 3.31. The molecule has 0 saturated carbocycles. The van der Waals surface area contributed by atoms with Crippen LogP contribution in [0.25, 0.3) is 11.5 Å². The zero-order valence-electron chi connectivity index (χ0n) is 8.06. The van der Waals surface area contributed by atoms with Gasteiger partial charge in [-0.2, -0.15) is 0 Å². The van der Waals surface area contributed by atoms with Crippen LogP contribution in [0, 0.1) is 0 Å². The van der Waals surface area contributed by atoms with Crippen molar-refractivity contribution in [3.05, 3.63) is 41.8 Å². The molecule has 3 rings (SSSR count). The van der Waals surface area contributed by atoms with Gasteiger partial charge in [-0.3, -0.25) is 0 Å². The minimum Gasteiger partial charge on any atom is -0.445 e. The number of hydrogen-bond acceptors (Lipinski definition) is 3. The average Bonchev–Trinajstić information content (AvgIpc) is 2.88. The SMILES string of the molecule is Cl.c1coc(-c2ccc3c(c2)CNC3)n1. The first-order valence-electron chi connectivity index (χ1n) is 4.66. The molecule has 1 aromatic heterocycles. The van der Waals surface area contributed by atoms with Crippen LogP contribution in [0.15, 0.2) is 35.1 Å². The Labute approximate surface area is 93.9 Å². The van der Waals surface area contributed by atoms with Gasteiger partial charge < -0.3 is 9.73 Å². The number of oxazole rings is 1. The summed E-state index contributed by atoms with van der Waals surface area (Å²) in [6, 6.07) is 6.33. The molecule has 1 N–H and O–H groups in total. The molecule has 0 spiro atoms. The number of benzene rings is 1. The highest BCUT2D eigenvalue weighted by atomic mass is 35.5. The molecule has 0 saturated heterocycles. The molecule has 1 aliphatic rings. The predicted octanol–water partition coefficient (Wildman–Crippen LogP) is 2.37. The Morgan fingerprint density at radius 3 is 2.87 bits per heavy atom. The summed E-state index contributed by atoms with van der Waals surface area (Å²) in [4.78, 5) is 4.12. The molecule has 2 heterocycles. The van der Waals surface area contributed by atoms with Crippen molar-refractivity contribution in [1.82, 2.24) is 10.3 Å². The summed E-state index contributed by atoms with van der Waals surface area (Å²) >= 11 is 0. The standard InChI is InChI=1S/C11H10N2O.ClH/c1-2-9-6-12-7-10(9)5-8(1)11-13-3-4-14-11;/h1-5,12H,6-7H2;1H. The van der Waals surface area contributed by atoms with Gasteiger partial charge in [0.05, 0.1) is 6.20 Å². The molecule has 2 aromatic rings. The van der Waals surface area contributed by atoms with Crippen LogP contribution >= 0.6 is 12.4 Å². The van der Waals surface area contributed by atoms with Crippen molar-refractivity contribution in [1.29, 1.82) is 0 Å². The number of hydrogen-bond donors (Lipinski definition) is 1. The number of fused-ring (bicyclic) bond motifs is 1. The molecular formula is C11H11ClN2O. The topological polar surface area (TPSA) is 38.1 Å². The molecule has 0 aliphatic carbocycles. The number of nitrogens with zero attached hydrogens (tertiary/aromatic N) is 1. The average molecular weight is 223 g/mol. The third-order valence-electron chi connectivity index (χ3n) is 2.52. The summed E-state index contributed by atoms with van der Waals surface area (Å²) in [5.74, 6) is 0.694. The van der Waals surface area contributed by atoms with Crippen molar-refractivity contribution >= 4 is 12.4 Å². The molecule has 1 aromatic carbocycles. The van der Waals surface area contributed by atoms with Crippen molar-refractivity contribution in [2.45, 2.75) is 13.1 Å². The van der Waals surface area contributed by atoms with Crippen LogP contribution in [0.5, 0.6) is 0 Å². The molecular weight excluding hydrogens is 212 g/mol. The van der Waals surface area contributed by atoms with Gasteiger partial charge >= 0.3 is 0 Å². The van der Waals surface area contributed by atoms with Gasteiger partial charge in [0.25, 0.3) is 0 Å². The van der Waals surface area contributed by atoms with E-state index in [1.165, 1.54) is 11.1 Å². The van der Waals surface area contributed by atoms with Crippen LogP contribution in [0.2, 0.25) is 0 Å². The molecule has 0 amide bonds. The highest BCUT2D eigenvalue weighted by molar-refractivity contribution is 5.85. The molecule has 0 atom stereocenters. The van der Waals surface area contributed by atoms with Gasteiger partial charge in [0.2, 0.25) is 5.89 Å². The number of rotatable bonds is 1. The quantitative estimate of drug-likeness (QED) is 0.805. The molecule has 15 heavy (non-hydrogen) atoms. The van der Waals surface area contributed by atoms with Crippen molar-refractivity contribution in [3.63, 3.8) is 0 Å². The van der Waals surface area contributed by atoms with E-state index >= 15 is 0 Å². The molecule has 3 nitrogen and oxygen atoms in total. The van der Waals surface area contributed by atoms with Crippen LogP contribution in [0.1, 0.15) is 11.1 Å². The van der Waals surface area contributed by atoms with Crippen molar-refractivity contribution in [3.8, 4) is 11.5 Å². The van der Waals surface area contributed by atoms with Crippen LogP contribution in [0.3, 0.4) is 0 Å². The van der Waals surface area contributed by atoms with Crippen LogP contribution in [-0.2, 0) is 13.1 Å². The maximum atomic E-state index is 5.25. The molecule has 0 fully saturated rings. The monoisotopic (exact) mass is 222 g/mol. The van der Waals surface area contributed by atoms with E-state index in [1.807, 2.05) is 0 Å². The smallest absolute Gasteiger partial charge is 0.225 e. The summed E-state index contributed by atoms with van der Waals surface area (Å²) in [6.45, 7) is 1.92. The summed E-state index contributed by atoms with van der Waals surface area (Å²) in [7, 11) is 0. The molecule has 1 aliphatic heterocycles. The van der Waals surface area contributed by atoms with E-state index in [9.17, 15) is 0 Å². The fourth-order valence-corrected chi connectivity index (χ4v) is 1.79. The maximum Gasteiger partial charge on any atom is 0.225 e. The summed E-state index contributed by atoms with van der Waals surface area (Å²) in [5.41, 5.74) is 3.78. The lowest BCUT2D eigenvalue weighted by Crippen LogP contribution is -1.99. The lowest BCUT2D eigenvalue weighted by Gasteiger charge is -1.99. The first-order valence-corrected chi connectivity index (χ1v) is 4.66. The minimum absolute atomic E-state index is 0. The van der Waals surface area contributed by atoms with Crippen LogP contribution in [0.4, 0.5) is 0 Å². The van der Waals surface area contributed by atoms with Crippen molar-refractivity contribution in [2.24, 2.45) is 0 Å². The Hall–Kier alpha value is -1.32. The maximum absolute atomic E-state index is 5.25. The number of aromatic nitrogens is 1. The third-order valence-corrected chi connectivity index (χ3v) is 2.52. The van der Waals surface area contributed by atoms with Crippen molar-refractivity contribution in [2.75, 3.05) is 0 Å². The Morgan fingerprint density at radius 2 is 2.07 bits per heavy atom. The number of halogens is 1. The Bertz CT molecular complexity index is 454. The van der Waals surface area contributed by atoms with Gasteiger partial charge in [-0.15, -0.1) is 12.4 Å². The van der Waals surface area contributed by atoms with Crippen LogP contribution in [-0.4, -0.2) is 4.98 Å². The van der Waals surface area contributed by atoms with E-state index in [1.54, 1.807) is 12.5 Å². The van der Waals surface area contributed by atoms with Gasteiger partial charge in [0.1, 0.15) is 6.26 Å². The normalized spacial score (nSPS) is 13.3. The second-order valence-electron chi connectivity index (χ2n) is 3.42. The second-order valence-corrected chi connectivity index (χ2v) is 3.42. The van der Waals surface area contributed by atoms with E-state index < -0.39 is 0 Å². The van der Waals surface area contributed by atoms with Crippen molar-refractivity contribution < 1.29 is 4.42 Å². The van der Waals surface area contributed by atoms with Gasteiger partial charge in [-0.05, 0) is 23.3 Å². The Kier molecular flexibility index (Phi) is 2.75. The predicted molar refractivity (Wildman–Crippen MR) is 59.7 cm³/mol. The van der Waals surface area contributed by atoms with E-state index in [4.69, 9.17) is 4.42 Å². The second kappa shape index (κ2) is 4.04. The third kappa shape index (κ3) is 1.76. The van der Waals surface area contributed by atoms with E-state index in [0.717, 1.165) is 18.7 Å². The largest absolute Gasteiger partial charge is 0.445 e. The van der Waals surface area contributed by atoms with E-state index in [2.05, 4.69) is 28.5 Å². The Morgan fingerprint density at radius 1 is 1.20 bits per heavy atom. The first-order chi connectivity index (χ1) is 6.93. The summed E-state index contributed by atoms with van der Waals surface area (Å²) < 4.78 is 5.25. The first kappa shape index (κ1) is 10.2. The van der Waals surface area contributed by atoms with Gasteiger partial charge in [0, 0.05) is 18.7 Å². The zero-order chi connectivity index (χ0) is 9.38.